The molecule has 0 bridgehead atoms. The van der Waals surface area contributed by atoms with Crippen LogP contribution in [-0.2, 0) is 0 Å². The Balaban J connectivity index is 1.66. The standard InChI is InChI=1S/C20H18ClN3OS/c21-13-9-7-12(8-10-13)17-16-18(23-22-17)20(25)24(14-4-1-2-5-14)19(16)15-6-3-11-26-15/h3,6-11,14,19H,1-2,4-5H2,(H,22,23). The van der Waals surface area contributed by atoms with Gasteiger partial charge in [-0.2, -0.15) is 5.10 Å². The molecule has 2 aliphatic rings. The summed E-state index contributed by atoms with van der Waals surface area (Å²) in [5.41, 5.74) is 3.48. The summed E-state index contributed by atoms with van der Waals surface area (Å²) in [6.07, 6.45) is 4.56. The van der Waals surface area contributed by atoms with E-state index in [1.807, 2.05) is 24.3 Å². The maximum absolute atomic E-state index is 13.2. The number of hydrogen-bond acceptors (Lipinski definition) is 3. The van der Waals surface area contributed by atoms with Crippen LogP contribution < -0.4 is 0 Å². The highest BCUT2D eigenvalue weighted by Gasteiger charge is 2.46. The fourth-order valence-electron chi connectivity index (χ4n) is 4.28. The summed E-state index contributed by atoms with van der Waals surface area (Å²) >= 11 is 7.75. The van der Waals surface area contributed by atoms with Crippen LogP contribution in [0.4, 0.5) is 0 Å². The van der Waals surface area contributed by atoms with Gasteiger partial charge in [-0.25, -0.2) is 0 Å². The number of rotatable bonds is 3. The highest BCUT2D eigenvalue weighted by molar-refractivity contribution is 7.10. The van der Waals surface area contributed by atoms with Crippen LogP contribution in [-0.4, -0.2) is 27.0 Å². The van der Waals surface area contributed by atoms with Gasteiger partial charge in [0.05, 0.1) is 11.7 Å². The van der Waals surface area contributed by atoms with Crippen LogP contribution in [0, 0.1) is 0 Å². The first kappa shape index (κ1) is 16.1. The Morgan fingerprint density at radius 3 is 2.62 bits per heavy atom. The Morgan fingerprint density at radius 2 is 1.92 bits per heavy atom. The second kappa shape index (κ2) is 6.25. The molecule has 3 aromatic rings. The summed E-state index contributed by atoms with van der Waals surface area (Å²) in [5.74, 6) is 0.0815. The molecule has 132 valence electrons. The topological polar surface area (TPSA) is 49.0 Å². The molecule has 2 aromatic heterocycles. The monoisotopic (exact) mass is 383 g/mol. The van der Waals surface area contributed by atoms with Gasteiger partial charge in [0, 0.05) is 27.1 Å². The number of amides is 1. The number of H-pyrrole nitrogens is 1. The number of fused-ring (bicyclic) bond motifs is 1. The first-order valence-corrected chi connectivity index (χ1v) is 10.2. The number of aromatic nitrogens is 2. The van der Waals surface area contributed by atoms with Gasteiger partial charge in [-0.3, -0.25) is 9.89 Å². The van der Waals surface area contributed by atoms with Gasteiger partial charge in [0.1, 0.15) is 5.69 Å². The van der Waals surface area contributed by atoms with E-state index in [0.717, 1.165) is 29.7 Å². The van der Waals surface area contributed by atoms with Crippen molar-refractivity contribution in [1.82, 2.24) is 15.1 Å². The van der Waals surface area contributed by atoms with Crippen molar-refractivity contribution in [2.24, 2.45) is 0 Å². The number of aromatic amines is 1. The molecule has 1 amide bonds. The summed E-state index contributed by atoms with van der Waals surface area (Å²) in [5, 5.41) is 10.3. The van der Waals surface area contributed by atoms with Gasteiger partial charge < -0.3 is 4.90 Å². The van der Waals surface area contributed by atoms with Crippen molar-refractivity contribution < 1.29 is 4.79 Å². The number of nitrogens with one attached hydrogen (secondary N) is 1. The third-order valence-corrected chi connectivity index (χ3v) is 6.63. The molecule has 1 unspecified atom stereocenters. The van der Waals surface area contributed by atoms with Crippen molar-refractivity contribution in [3.05, 3.63) is 62.9 Å². The highest BCUT2D eigenvalue weighted by atomic mass is 35.5. The Kier molecular flexibility index (Phi) is 3.87. The third-order valence-electron chi connectivity index (χ3n) is 5.45. The predicted octanol–water partition coefficient (Wildman–Crippen LogP) is 5.28. The molecule has 1 aromatic carbocycles. The molecule has 5 rings (SSSR count). The molecular weight excluding hydrogens is 366 g/mol. The molecule has 0 spiro atoms. The van der Waals surface area contributed by atoms with E-state index >= 15 is 0 Å². The van der Waals surface area contributed by atoms with Crippen molar-refractivity contribution in [2.45, 2.75) is 37.8 Å². The van der Waals surface area contributed by atoms with Crippen molar-refractivity contribution in [1.29, 1.82) is 0 Å². The zero-order chi connectivity index (χ0) is 17.7. The van der Waals surface area contributed by atoms with Gasteiger partial charge in [0.2, 0.25) is 0 Å². The zero-order valence-corrected chi connectivity index (χ0v) is 15.7. The van der Waals surface area contributed by atoms with E-state index < -0.39 is 0 Å². The molecule has 1 fully saturated rings. The normalized spacial score (nSPS) is 20.1. The minimum absolute atomic E-state index is 0.0509. The Morgan fingerprint density at radius 1 is 1.15 bits per heavy atom. The van der Waals surface area contributed by atoms with Crippen LogP contribution >= 0.6 is 22.9 Å². The van der Waals surface area contributed by atoms with Gasteiger partial charge >= 0.3 is 0 Å². The van der Waals surface area contributed by atoms with Gasteiger partial charge in [0.25, 0.3) is 5.91 Å². The van der Waals surface area contributed by atoms with Gasteiger partial charge in [0.15, 0.2) is 0 Å². The lowest BCUT2D eigenvalue weighted by molar-refractivity contribution is 0.0663. The molecule has 1 atom stereocenters. The second-order valence-electron chi connectivity index (χ2n) is 6.94. The number of hydrogen-bond donors (Lipinski definition) is 1. The molecule has 0 radical (unpaired) electrons. The molecule has 26 heavy (non-hydrogen) atoms. The molecule has 4 nitrogen and oxygen atoms in total. The van der Waals surface area contributed by atoms with Crippen LogP contribution in [0.5, 0.6) is 0 Å². The lowest BCUT2D eigenvalue weighted by Crippen LogP contribution is -2.37. The van der Waals surface area contributed by atoms with E-state index in [2.05, 4.69) is 32.6 Å². The van der Waals surface area contributed by atoms with Gasteiger partial charge in [-0.1, -0.05) is 42.6 Å². The average molecular weight is 384 g/mol. The maximum atomic E-state index is 13.2. The molecule has 6 heteroatoms. The summed E-state index contributed by atoms with van der Waals surface area (Å²) < 4.78 is 0. The summed E-state index contributed by atoms with van der Waals surface area (Å²) in [7, 11) is 0. The van der Waals surface area contributed by atoms with E-state index in [9.17, 15) is 4.79 Å². The lowest BCUT2D eigenvalue weighted by Gasteiger charge is -2.31. The van der Waals surface area contributed by atoms with Crippen molar-refractivity contribution in [2.75, 3.05) is 0 Å². The Hall–Kier alpha value is -2.11. The number of halogens is 1. The van der Waals surface area contributed by atoms with Gasteiger partial charge in [-0.05, 0) is 36.4 Å². The van der Waals surface area contributed by atoms with Crippen molar-refractivity contribution in [3.63, 3.8) is 0 Å². The van der Waals surface area contributed by atoms with E-state index in [1.165, 1.54) is 17.7 Å². The minimum atomic E-state index is -0.0509. The van der Waals surface area contributed by atoms with E-state index in [4.69, 9.17) is 11.6 Å². The van der Waals surface area contributed by atoms with E-state index in [0.29, 0.717) is 16.8 Å². The molecule has 1 aliphatic carbocycles. The number of thiophene rings is 1. The van der Waals surface area contributed by atoms with E-state index in [-0.39, 0.29) is 11.9 Å². The van der Waals surface area contributed by atoms with E-state index in [1.54, 1.807) is 11.3 Å². The minimum Gasteiger partial charge on any atom is -0.322 e. The third kappa shape index (κ3) is 2.42. The van der Waals surface area contributed by atoms with Crippen LogP contribution in [0.2, 0.25) is 5.02 Å². The summed E-state index contributed by atoms with van der Waals surface area (Å²) in [4.78, 5) is 16.5. The number of benzene rings is 1. The largest absolute Gasteiger partial charge is 0.322 e. The molecule has 1 saturated carbocycles. The van der Waals surface area contributed by atoms with Crippen LogP contribution in [0.15, 0.2) is 41.8 Å². The zero-order valence-electron chi connectivity index (χ0n) is 14.1. The Bertz CT molecular complexity index is 942. The summed E-state index contributed by atoms with van der Waals surface area (Å²) in [6, 6.07) is 12.1. The average Bonchev–Trinajstić information content (AvgIpc) is 3.42. The van der Waals surface area contributed by atoms with Crippen molar-refractivity contribution in [3.8, 4) is 11.3 Å². The highest BCUT2D eigenvalue weighted by Crippen LogP contribution is 2.47. The fourth-order valence-corrected chi connectivity index (χ4v) is 5.24. The van der Waals surface area contributed by atoms with Crippen LogP contribution in [0.1, 0.15) is 52.7 Å². The maximum Gasteiger partial charge on any atom is 0.273 e. The smallest absolute Gasteiger partial charge is 0.273 e. The Labute approximate surface area is 160 Å². The van der Waals surface area contributed by atoms with Crippen LogP contribution in [0.25, 0.3) is 11.3 Å². The first-order valence-electron chi connectivity index (χ1n) is 8.94. The number of nitrogens with zero attached hydrogens (tertiary/aromatic N) is 2. The number of carbonyl (C=O) groups excluding carboxylic acids is 1. The van der Waals surface area contributed by atoms with Crippen molar-refractivity contribution >= 4 is 28.8 Å². The molecular formula is C20H18ClN3OS. The van der Waals surface area contributed by atoms with Crippen LogP contribution in [0.3, 0.4) is 0 Å². The predicted molar refractivity (Wildman–Crippen MR) is 104 cm³/mol. The molecule has 3 heterocycles. The number of carbonyl (C=O) groups is 1. The SMILES string of the molecule is O=C1c2[nH]nc(-c3ccc(Cl)cc3)c2C(c2cccs2)N1C1CCCC1. The quantitative estimate of drug-likeness (QED) is 0.668. The first-order chi connectivity index (χ1) is 12.7. The molecule has 1 N–H and O–H groups in total. The molecule has 1 aliphatic heterocycles. The summed E-state index contributed by atoms with van der Waals surface area (Å²) in [6.45, 7) is 0. The fraction of sp³-hybridized carbons (Fsp3) is 0.300. The molecule has 0 saturated heterocycles. The van der Waals surface area contributed by atoms with Gasteiger partial charge in [-0.15, -0.1) is 11.3 Å². The lowest BCUT2D eigenvalue weighted by atomic mass is 10.00. The second-order valence-corrected chi connectivity index (χ2v) is 8.35.